The molecule has 0 spiro atoms. The average molecular weight is 802 g/mol. The largest absolute Gasteiger partial charge is 0.480 e. The third-order valence-electron chi connectivity index (χ3n) is 9.45. The highest BCUT2D eigenvalue weighted by Crippen LogP contribution is 2.43. The van der Waals surface area contributed by atoms with Gasteiger partial charge in [0, 0.05) is 12.8 Å². The summed E-state index contributed by atoms with van der Waals surface area (Å²) in [7, 11) is -4.71. The molecule has 3 atom stereocenters. The van der Waals surface area contributed by atoms with Crippen molar-refractivity contribution >= 4 is 25.7 Å². The van der Waals surface area contributed by atoms with E-state index in [2.05, 4.69) is 42.7 Å². The molecule has 0 saturated heterocycles. The van der Waals surface area contributed by atoms with E-state index in [1.807, 2.05) is 0 Å². The Morgan fingerprint density at radius 3 is 1.45 bits per heavy atom. The standard InChI is InChI=1S/C43H80NO10P/c1-3-5-7-9-11-13-15-17-18-19-20-21-22-23-25-26-28-30-32-34-41(45)51-36-39(37-52-55(49,50)53-38-40(44)43(47)48)54-42(46)35-33-31-29-27-24-16-14-12-10-8-6-4-2/h11,13,17-18,39-40H,3-10,12,14-16,19-38,44H2,1-2H3,(H,47,48)(H,49,50)/b13-11+,18-17+/t39-,40+/m0/s1. The van der Waals surface area contributed by atoms with Gasteiger partial charge in [0.05, 0.1) is 13.2 Å². The number of hydrogen-bond donors (Lipinski definition) is 3. The van der Waals surface area contributed by atoms with E-state index in [0.717, 1.165) is 51.4 Å². The topological polar surface area (TPSA) is 172 Å². The Bertz CT molecular complexity index is 1040. The summed E-state index contributed by atoms with van der Waals surface area (Å²) in [6.07, 6.45) is 39.5. The monoisotopic (exact) mass is 802 g/mol. The number of phosphoric acid groups is 1. The van der Waals surface area contributed by atoms with Crippen LogP contribution in [-0.4, -0.2) is 59.9 Å². The van der Waals surface area contributed by atoms with E-state index in [1.54, 1.807) is 0 Å². The van der Waals surface area contributed by atoms with Crippen molar-refractivity contribution in [2.75, 3.05) is 19.8 Å². The van der Waals surface area contributed by atoms with Crippen LogP contribution in [0.2, 0.25) is 0 Å². The molecule has 0 aromatic heterocycles. The van der Waals surface area contributed by atoms with Crippen LogP contribution in [0.1, 0.15) is 200 Å². The second-order valence-corrected chi connectivity index (χ2v) is 16.3. The quantitative estimate of drug-likeness (QED) is 0.0232. The van der Waals surface area contributed by atoms with Gasteiger partial charge >= 0.3 is 25.7 Å². The predicted molar refractivity (Wildman–Crippen MR) is 222 cm³/mol. The summed E-state index contributed by atoms with van der Waals surface area (Å²) in [4.78, 5) is 45.9. The molecule has 0 saturated carbocycles. The molecule has 11 nitrogen and oxygen atoms in total. The maximum absolute atomic E-state index is 12.6. The van der Waals surface area contributed by atoms with E-state index in [1.165, 1.54) is 109 Å². The van der Waals surface area contributed by atoms with Crippen LogP contribution in [0.3, 0.4) is 0 Å². The molecular formula is C43H80NO10P. The number of nitrogens with two attached hydrogens (primary N) is 1. The number of aliphatic carboxylic acids is 1. The summed E-state index contributed by atoms with van der Waals surface area (Å²) in [5.74, 6) is -2.38. The van der Waals surface area contributed by atoms with Crippen LogP contribution >= 0.6 is 7.82 Å². The van der Waals surface area contributed by atoms with E-state index in [0.29, 0.717) is 12.8 Å². The first-order valence-corrected chi connectivity index (χ1v) is 23.4. The Morgan fingerprint density at radius 1 is 0.564 bits per heavy atom. The Hall–Kier alpha value is -2.04. The van der Waals surface area contributed by atoms with Gasteiger partial charge < -0.3 is 25.2 Å². The number of phosphoric ester groups is 1. The minimum Gasteiger partial charge on any atom is -0.480 e. The van der Waals surface area contributed by atoms with Crippen molar-refractivity contribution < 1.29 is 47.5 Å². The number of carboxylic acid groups (broad SMARTS) is 1. The SMILES string of the molecule is CCCCC/C=C/C/C=C/CCCCCCCCCCCC(=O)OC[C@@H](COP(=O)(O)OC[C@@H](N)C(=O)O)OC(=O)CCCCCCCCCCCCCC. The molecule has 4 N–H and O–H groups in total. The Labute approximate surface area is 334 Å². The zero-order chi connectivity index (χ0) is 40.7. The molecule has 0 rings (SSSR count). The van der Waals surface area contributed by atoms with Gasteiger partial charge in [-0.3, -0.25) is 23.4 Å². The van der Waals surface area contributed by atoms with Crippen LogP contribution in [0, 0.1) is 0 Å². The number of unbranched alkanes of at least 4 members (excludes halogenated alkanes) is 23. The van der Waals surface area contributed by atoms with Gasteiger partial charge in [0.2, 0.25) is 0 Å². The molecule has 0 fully saturated rings. The number of carboxylic acids is 1. The zero-order valence-corrected chi connectivity index (χ0v) is 35.7. The number of hydrogen-bond acceptors (Lipinski definition) is 9. The zero-order valence-electron chi connectivity index (χ0n) is 34.8. The smallest absolute Gasteiger partial charge is 0.472 e. The van der Waals surface area contributed by atoms with Crippen LogP contribution in [0.15, 0.2) is 24.3 Å². The maximum atomic E-state index is 12.6. The van der Waals surface area contributed by atoms with Crippen molar-refractivity contribution in [1.29, 1.82) is 0 Å². The van der Waals surface area contributed by atoms with Crippen molar-refractivity contribution in [3.05, 3.63) is 24.3 Å². The van der Waals surface area contributed by atoms with Crippen molar-refractivity contribution in [3.8, 4) is 0 Å². The normalized spacial score (nSPS) is 14.0. The highest BCUT2D eigenvalue weighted by atomic mass is 31.2. The number of carbonyl (C=O) groups excluding carboxylic acids is 2. The lowest BCUT2D eigenvalue weighted by molar-refractivity contribution is -0.161. The molecule has 0 radical (unpaired) electrons. The van der Waals surface area contributed by atoms with E-state index in [9.17, 15) is 23.8 Å². The highest BCUT2D eigenvalue weighted by Gasteiger charge is 2.28. The van der Waals surface area contributed by atoms with Gasteiger partial charge in [0.25, 0.3) is 0 Å². The molecule has 0 heterocycles. The van der Waals surface area contributed by atoms with E-state index < -0.39 is 51.1 Å². The maximum Gasteiger partial charge on any atom is 0.472 e. The van der Waals surface area contributed by atoms with Crippen LogP contribution in [0.4, 0.5) is 0 Å². The van der Waals surface area contributed by atoms with Crippen LogP contribution in [0.5, 0.6) is 0 Å². The fourth-order valence-electron chi connectivity index (χ4n) is 5.98. The van der Waals surface area contributed by atoms with E-state index in [4.69, 9.17) is 24.8 Å². The van der Waals surface area contributed by atoms with Gasteiger partial charge in [-0.05, 0) is 44.9 Å². The molecule has 0 aliphatic rings. The first-order chi connectivity index (χ1) is 26.6. The average Bonchev–Trinajstić information content (AvgIpc) is 3.16. The molecule has 12 heteroatoms. The van der Waals surface area contributed by atoms with Crippen LogP contribution in [-0.2, 0) is 37.5 Å². The molecule has 322 valence electrons. The number of rotatable bonds is 41. The molecule has 0 amide bonds. The van der Waals surface area contributed by atoms with Crippen LogP contribution in [0.25, 0.3) is 0 Å². The summed E-state index contributed by atoms with van der Waals surface area (Å²) in [5, 5.41) is 8.88. The molecule has 0 aliphatic heterocycles. The highest BCUT2D eigenvalue weighted by molar-refractivity contribution is 7.47. The molecule has 0 aromatic rings. The lowest BCUT2D eigenvalue weighted by Gasteiger charge is -2.20. The molecule has 55 heavy (non-hydrogen) atoms. The van der Waals surface area contributed by atoms with Gasteiger partial charge in [-0.15, -0.1) is 0 Å². The fraction of sp³-hybridized carbons (Fsp3) is 0.837. The summed E-state index contributed by atoms with van der Waals surface area (Å²) < 4.78 is 32.7. The van der Waals surface area contributed by atoms with Crippen molar-refractivity contribution in [2.24, 2.45) is 5.73 Å². The first kappa shape index (κ1) is 53.0. The molecule has 1 unspecified atom stereocenters. The van der Waals surface area contributed by atoms with Crippen molar-refractivity contribution in [3.63, 3.8) is 0 Å². The Balaban J connectivity index is 4.30. The van der Waals surface area contributed by atoms with Crippen LogP contribution < -0.4 is 5.73 Å². The van der Waals surface area contributed by atoms with Crippen molar-refractivity contribution in [2.45, 2.75) is 212 Å². The lowest BCUT2D eigenvalue weighted by Crippen LogP contribution is -2.34. The Morgan fingerprint density at radius 2 is 0.964 bits per heavy atom. The Kier molecular flexibility index (Phi) is 37.4. The van der Waals surface area contributed by atoms with Gasteiger partial charge in [-0.2, -0.15) is 0 Å². The van der Waals surface area contributed by atoms with Gasteiger partial charge in [-0.25, -0.2) is 4.57 Å². The summed E-state index contributed by atoms with van der Waals surface area (Å²) in [6, 6.07) is -1.52. The number of ether oxygens (including phenoxy) is 2. The molecule has 0 aromatic carbocycles. The summed E-state index contributed by atoms with van der Waals surface area (Å²) >= 11 is 0. The van der Waals surface area contributed by atoms with E-state index >= 15 is 0 Å². The number of allylic oxidation sites excluding steroid dienone is 4. The molecular weight excluding hydrogens is 721 g/mol. The van der Waals surface area contributed by atoms with Crippen molar-refractivity contribution in [1.82, 2.24) is 0 Å². The number of esters is 2. The molecule has 0 aliphatic carbocycles. The summed E-state index contributed by atoms with van der Waals surface area (Å²) in [5.41, 5.74) is 5.33. The third-order valence-corrected chi connectivity index (χ3v) is 10.4. The second-order valence-electron chi connectivity index (χ2n) is 14.8. The summed E-state index contributed by atoms with van der Waals surface area (Å²) in [6.45, 7) is 2.78. The second kappa shape index (κ2) is 38.8. The lowest BCUT2D eigenvalue weighted by atomic mass is 10.0. The fourth-order valence-corrected chi connectivity index (χ4v) is 6.76. The molecule has 0 bridgehead atoms. The number of carbonyl (C=O) groups is 3. The van der Waals surface area contributed by atoms with Gasteiger partial charge in [0.1, 0.15) is 12.6 Å². The van der Waals surface area contributed by atoms with E-state index in [-0.39, 0.29) is 19.4 Å². The first-order valence-electron chi connectivity index (χ1n) is 21.9. The minimum atomic E-state index is -4.71. The van der Waals surface area contributed by atoms with Gasteiger partial charge in [-0.1, -0.05) is 167 Å². The van der Waals surface area contributed by atoms with Gasteiger partial charge in [0.15, 0.2) is 6.10 Å². The third kappa shape index (κ3) is 38.6. The predicted octanol–water partition coefficient (Wildman–Crippen LogP) is 11.5. The minimum absolute atomic E-state index is 0.164.